The van der Waals surface area contributed by atoms with Crippen molar-refractivity contribution >= 4 is 40.8 Å². The van der Waals surface area contributed by atoms with Crippen molar-refractivity contribution in [2.24, 2.45) is 0 Å². The summed E-state index contributed by atoms with van der Waals surface area (Å²) in [5, 5.41) is 3.61. The Balaban J connectivity index is 1.74. The molecule has 2 N–H and O–H groups in total. The third kappa shape index (κ3) is 3.89. The van der Waals surface area contributed by atoms with Crippen molar-refractivity contribution < 1.29 is 4.79 Å². The van der Waals surface area contributed by atoms with E-state index in [9.17, 15) is 9.59 Å². The molecular formula is C22H23N3O2S2. The molecule has 0 saturated carbocycles. The molecule has 150 valence electrons. The first-order valence-electron chi connectivity index (χ1n) is 9.70. The SMILES string of the molecule is Cc1cccc(-n2c(=S)[nH]c3cc(C(=O)NC4CCSCC4)ccc3c2=O)c1C. The average Bonchev–Trinajstić information content (AvgIpc) is 2.71. The molecule has 7 heteroatoms. The Morgan fingerprint density at radius 2 is 1.97 bits per heavy atom. The van der Waals surface area contributed by atoms with Gasteiger partial charge in [-0.25, -0.2) is 0 Å². The molecule has 1 aliphatic heterocycles. The van der Waals surface area contributed by atoms with Gasteiger partial charge in [0.2, 0.25) is 0 Å². The van der Waals surface area contributed by atoms with Gasteiger partial charge >= 0.3 is 0 Å². The maximum absolute atomic E-state index is 13.2. The van der Waals surface area contributed by atoms with Crippen molar-refractivity contribution in [2.75, 3.05) is 11.5 Å². The second-order valence-corrected chi connectivity index (χ2v) is 9.02. The lowest BCUT2D eigenvalue weighted by molar-refractivity contribution is 0.0935. The van der Waals surface area contributed by atoms with Gasteiger partial charge in [-0.15, -0.1) is 0 Å². The van der Waals surface area contributed by atoms with Crippen LogP contribution in [0.3, 0.4) is 0 Å². The van der Waals surface area contributed by atoms with E-state index in [4.69, 9.17) is 12.2 Å². The normalized spacial score (nSPS) is 14.8. The molecule has 1 saturated heterocycles. The fraction of sp³-hybridized carbons (Fsp3) is 0.318. The number of nitrogens with zero attached hydrogens (tertiary/aromatic N) is 1. The number of hydrogen-bond donors (Lipinski definition) is 2. The van der Waals surface area contributed by atoms with Gasteiger partial charge in [-0.2, -0.15) is 11.8 Å². The first-order valence-corrected chi connectivity index (χ1v) is 11.3. The van der Waals surface area contributed by atoms with Crippen LogP contribution in [-0.2, 0) is 0 Å². The van der Waals surface area contributed by atoms with Gasteiger partial charge in [0, 0.05) is 11.6 Å². The van der Waals surface area contributed by atoms with Crippen LogP contribution in [-0.4, -0.2) is 33.0 Å². The monoisotopic (exact) mass is 425 g/mol. The van der Waals surface area contributed by atoms with E-state index in [1.165, 1.54) is 4.57 Å². The summed E-state index contributed by atoms with van der Waals surface area (Å²) in [4.78, 5) is 29.0. The van der Waals surface area contributed by atoms with Crippen LogP contribution in [0.2, 0.25) is 0 Å². The van der Waals surface area contributed by atoms with E-state index >= 15 is 0 Å². The summed E-state index contributed by atoms with van der Waals surface area (Å²) in [6.45, 7) is 3.99. The molecule has 1 aliphatic rings. The average molecular weight is 426 g/mol. The second kappa shape index (κ2) is 8.16. The van der Waals surface area contributed by atoms with Crippen molar-refractivity contribution in [2.45, 2.75) is 32.7 Å². The van der Waals surface area contributed by atoms with Gasteiger partial charge in [0.05, 0.1) is 16.6 Å². The molecule has 1 fully saturated rings. The van der Waals surface area contributed by atoms with Gasteiger partial charge in [-0.05, 0) is 85.8 Å². The molecule has 2 heterocycles. The Kier molecular flexibility index (Phi) is 5.61. The van der Waals surface area contributed by atoms with E-state index in [0.717, 1.165) is 41.2 Å². The number of aromatic nitrogens is 2. The Hall–Kier alpha value is -2.38. The molecule has 5 nitrogen and oxygen atoms in total. The number of carbonyl (C=O) groups excluding carboxylic acids is 1. The van der Waals surface area contributed by atoms with Crippen molar-refractivity contribution in [3.8, 4) is 5.69 Å². The number of amides is 1. The molecule has 0 aliphatic carbocycles. The minimum Gasteiger partial charge on any atom is -0.349 e. The van der Waals surface area contributed by atoms with Crippen LogP contribution in [0.5, 0.6) is 0 Å². The Bertz CT molecular complexity index is 1210. The maximum atomic E-state index is 13.2. The summed E-state index contributed by atoms with van der Waals surface area (Å²) in [7, 11) is 0. The zero-order chi connectivity index (χ0) is 20.5. The third-order valence-corrected chi connectivity index (χ3v) is 6.87. The molecule has 1 amide bonds. The Morgan fingerprint density at radius 3 is 2.72 bits per heavy atom. The summed E-state index contributed by atoms with van der Waals surface area (Å²) >= 11 is 7.42. The molecule has 3 aromatic rings. The van der Waals surface area contributed by atoms with Crippen molar-refractivity contribution in [3.63, 3.8) is 0 Å². The van der Waals surface area contributed by atoms with Gasteiger partial charge in [0.1, 0.15) is 0 Å². The standard InChI is InChI=1S/C22H23N3O2S2/c1-13-4-3-5-19(14(13)2)25-21(27)17-7-6-15(12-18(17)24-22(25)28)20(26)23-16-8-10-29-11-9-16/h3-7,12,16H,8-11H2,1-2H3,(H,23,26)(H,24,28). The minimum atomic E-state index is -0.186. The molecule has 0 atom stereocenters. The lowest BCUT2D eigenvalue weighted by atomic mass is 10.1. The first-order chi connectivity index (χ1) is 14.0. The summed E-state index contributed by atoms with van der Waals surface area (Å²) in [5.41, 5.74) is 3.80. The third-order valence-electron chi connectivity index (χ3n) is 5.53. The first kappa shape index (κ1) is 19.9. The highest BCUT2D eigenvalue weighted by atomic mass is 32.2. The number of thioether (sulfide) groups is 1. The molecule has 29 heavy (non-hydrogen) atoms. The maximum Gasteiger partial charge on any atom is 0.266 e. The molecule has 4 rings (SSSR count). The number of benzene rings is 2. The van der Waals surface area contributed by atoms with E-state index in [1.54, 1.807) is 18.2 Å². The van der Waals surface area contributed by atoms with E-state index < -0.39 is 0 Å². The molecule has 0 bridgehead atoms. The molecule has 0 radical (unpaired) electrons. The van der Waals surface area contributed by atoms with Crippen LogP contribution in [0.4, 0.5) is 0 Å². The van der Waals surface area contributed by atoms with Crippen LogP contribution >= 0.6 is 24.0 Å². The smallest absolute Gasteiger partial charge is 0.266 e. The topological polar surface area (TPSA) is 66.9 Å². The predicted molar refractivity (Wildman–Crippen MR) is 122 cm³/mol. The van der Waals surface area contributed by atoms with Crippen LogP contribution in [0.1, 0.15) is 34.3 Å². The number of rotatable bonds is 3. The highest BCUT2D eigenvalue weighted by Gasteiger charge is 2.18. The number of hydrogen-bond acceptors (Lipinski definition) is 4. The Labute approximate surface area is 178 Å². The van der Waals surface area contributed by atoms with Crippen molar-refractivity contribution in [1.82, 2.24) is 14.9 Å². The van der Waals surface area contributed by atoms with Crippen LogP contribution in [0.15, 0.2) is 41.2 Å². The van der Waals surface area contributed by atoms with Gasteiger partial charge < -0.3 is 10.3 Å². The minimum absolute atomic E-state index is 0.109. The lowest BCUT2D eigenvalue weighted by Crippen LogP contribution is -2.37. The van der Waals surface area contributed by atoms with Crippen LogP contribution in [0, 0.1) is 18.6 Å². The summed E-state index contributed by atoms with van der Waals surface area (Å²) < 4.78 is 1.84. The van der Waals surface area contributed by atoms with Gasteiger partial charge in [0.25, 0.3) is 11.5 Å². The zero-order valence-electron chi connectivity index (χ0n) is 16.5. The van der Waals surface area contributed by atoms with E-state index in [-0.39, 0.29) is 17.5 Å². The number of H-pyrrole nitrogens is 1. The lowest BCUT2D eigenvalue weighted by Gasteiger charge is -2.22. The fourth-order valence-corrected chi connectivity index (χ4v) is 5.06. The molecule has 0 spiro atoms. The number of carbonyl (C=O) groups is 1. The van der Waals surface area contributed by atoms with Gasteiger partial charge in [0.15, 0.2) is 4.77 Å². The summed E-state index contributed by atoms with van der Waals surface area (Å²) in [5.74, 6) is 2.04. The van der Waals surface area contributed by atoms with Gasteiger partial charge in [-0.1, -0.05) is 12.1 Å². The van der Waals surface area contributed by atoms with E-state index in [0.29, 0.717) is 21.2 Å². The van der Waals surface area contributed by atoms with E-state index in [1.807, 2.05) is 43.8 Å². The summed E-state index contributed by atoms with van der Waals surface area (Å²) in [6.07, 6.45) is 1.99. The highest BCUT2D eigenvalue weighted by Crippen LogP contribution is 2.20. The number of aryl methyl sites for hydroxylation is 1. The largest absolute Gasteiger partial charge is 0.349 e. The van der Waals surface area contributed by atoms with Crippen molar-refractivity contribution in [3.05, 3.63) is 68.2 Å². The zero-order valence-corrected chi connectivity index (χ0v) is 18.1. The van der Waals surface area contributed by atoms with Crippen LogP contribution in [0.25, 0.3) is 16.6 Å². The number of aromatic amines is 1. The highest BCUT2D eigenvalue weighted by molar-refractivity contribution is 7.99. The molecule has 2 aromatic carbocycles. The van der Waals surface area contributed by atoms with Crippen molar-refractivity contribution in [1.29, 1.82) is 0 Å². The van der Waals surface area contributed by atoms with E-state index in [2.05, 4.69) is 10.3 Å². The second-order valence-electron chi connectivity index (χ2n) is 7.41. The molecule has 0 unspecified atom stereocenters. The van der Waals surface area contributed by atoms with Gasteiger partial charge in [-0.3, -0.25) is 14.2 Å². The molecule has 1 aromatic heterocycles. The summed E-state index contributed by atoms with van der Waals surface area (Å²) in [6, 6.07) is 11.2. The Morgan fingerprint density at radius 1 is 1.21 bits per heavy atom. The molecular weight excluding hydrogens is 402 g/mol. The fourth-order valence-electron chi connectivity index (χ4n) is 3.67. The predicted octanol–water partition coefficient (Wildman–Crippen LogP) is 4.29. The number of nitrogens with one attached hydrogen (secondary N) is 2. The van der Waals surface area contributed by atoms with Crippen LogP contribution < -0.4 is 10.9 Å². The quantitative estimate of drug-likeness (QED) is 0.615. The number of fused-ring (bicyclic) bond motifs is 1.